The van der Waals surface area contributed by atoms with E-state index >= 15 is 0 Å². The number of carbonyl (C=O) groups is 2. The molecule has 0 spiro atoms. The molecule has 0 atom stereocenters. The minimum atomic E-state index is -4.90. The smallest absolute Gasteiger partial charge is 0.435 e. The third-order valence-electron chi connectivity index (χ3n) is 4.55. The Morgan fingerprint density at radius 3 is 2.27 bits per heavy atom. The highest BCUT2D eigenvalue weighted by atomic mass is 19.4. The van der Waals surface area contributed by atoms with Crippen molar-refractivity contribution in [3.05, 3.63) is 71.2 Å². The molecule has 3 rings (SSSR count). The van der Waals surface area contributed by atoms with Crippen molar-refractivity contribution < 1.29 is 40.7 Å². The highest BCUT2D eigenvalue weighted by Crippen LogP contribution is 2.31. The number of aromatic nitrogens is 3. The third-order valence-corrected chi connectivity index (χ3v) is 4.55. The first-order valence-electron chi connectivity index (χ1n) is 10.3. The van der Waals surface area contributed by atoms with E-state index in [0.29, 0.717) is 5.69 Å². The van der Waals surface area contributed by atoms with Crippen molar-refractivity contribution in [3.63, 3.8) is 0 Å². The zero-order valence-electron chi connectivity index (χ0n) is 18.5. The summed E-state index contributed by atoms with van der Waals surface area (Å²) in [4.78, 5) is 28.2. The van der Waals surface area contributed by atoms with Crippen LogP contribution in [0.2, 0.25) is 0 Å². The molecule has 0 saturated carbocycles. The lowest BCUT2D eigenvalue weighted by molar-refractivity contribution is -0.154. The van der Waals surface area contributed by atoms with Crippen LogP contribution < -0.4 is 15.4 Å². The number of hydrogen-bond acceptors (Lipinski definition) is 6. The standard InChI is InChI=1S/C22H16F6N6O3/c23-21(24,25)12-37-20-13(9-29)8-14(10-32-20)18(35)30-6-7-31-19(36)16-11-34(15-4-2-1-3-5-15)33-17(16)22(26,27)28/h1-5,8,10-11H,6-7,12H2,(H,30,35)(H,31,36). The summed E-state index contributed by atoms with van der Waals surface area (Å²) in [5, 5.41) is 17.1. The number of pyridine rings is 1. The average molecular weight is 526 g/mol. The Balaban J connectivity index is 1.60. The molecular weight excluding hydrogens is 510 g/mol. The number of halogens is 6. The zero-order chi connectivity index (χ0) is 27.2. The van der Waals surface area contributed by atoms with E-state index in [2.05, 4.69) is 25.5 Å². The Morgan fingerprint density at radius 2 is 1.68 bits per heavy atom. The van der Waals surface area contributed by atoms with Crippen molar-refractivity contribution in [2.24, 2.45) is 0 Å². The SMILES string of the molecule is N#Cc1cc(C(=O)NCCNC(=O)c2cn(-c3ccccc3)nc2C(F)(F)F)cnc1OCC(F)(F)F. The maximum absolute atomic E-state index is 13.4. The molecule has 194 valence electrons. The van der Waals surface area contributed by atoms with Crippen LogP contribution in [-0.2, 0) is 6.18 Å². The number of nitrogens with zero attached hydrogens (tertiary/aromatic N) is 4. The molecule has 0 aliphatic rings. The lowest BCUT2D eigenvalue weighted by Crippen LogP contribution is -2.35. The van der Waals surface area contributed by atoms with Gasteiger partial charge in [-0.15, -0.1) is 0 Å². The van der Waals surface area contributed by atoms with Crippen LogP contribution in [0, 0.1) is 11.3 Å². The molecule has 0 unspecified atom stereocenters. The monoisotopic (exact) mass is 526 g/mol. The van der Waals surface area contributed by atoms with E-state index in [-0.39, 0.29) is 18.7 Å². The quantitative estimate of drug-likeness (QED) is 0.343. The summed E-state index contributed by atoms with van der Waals surface area (Å²) in [6.45, 7) is -2.18. The van der Waals surface area contributed by atoms with Gasteiger partial charge in [-0.3, -0.25) is 9.59 Å². The lowest BCUT2D eigenvalue weighted by Gasteiger charge is -2.11. The molecule has 0 aliphatic carbocycles. The summed E-state index contributed by atoms with van der Waals surface area (Å²) in [5.41, 5.74) is -2.41. The van der Waals surface area contributed by atoms with Gasteiger partial charge in [0.2, 0.25) is 5.88 Å². The maximum Gasteiger partial charge on any atom is 0.435 e. The van der Waals surface area contributed by atoms with Crippen LogP contribution >= 0.6 is 0 Å². The molecule has 2 aromatic heterocycles. The van der Waals surface area contributed by atoms with Crippen molar-refractivity contribution >= 4 is 11.8 Å². The summed E-state index contributed by atoms with van der Waals surface area (Å²) in [6.07, 6.45) is -7.74. The second-order valence-electron chi connectivity index (χ2n) is 7.27. The summed E-state index contributed by atoms with van der Waals surface area (Å²) < 4.78 is 82.5. The van der Waals surface area contributed by atoms with Gasteiger partial charge in [-0.25, -0.2) is 9.67 Å². The number of nitriles is 1. The Morgan fingerprint density at radius 1 is 1.03 bits per heavy atom. The summed E-state index contributed by atoms with van der Waals surface area (Å²) in [5.74, 6) is -2.49. The Bertz CT molecular complexity index is 1320. The summed E-state index contributed by atoms with van der Waals surface area (Å²) in [7, 11) is 0. The van der Waals surface area contributed by atoms with Gasteiger partial charge in [0, 0.05) is 25.5 Å². The first-order valence-corrected chi connectivity index (χ1v) is 10.3. The zero-order valence-corrected chi connectivity index (χ0v) is 18.5. The van der Waals surface area contributed by atoms with Crippen LogP contribution in [0.4, 0.5) is 26.3 Å². The van der Waals surface area contributed by atoms with E-state index in [1.54, 1.807) is 24.3 Å². The van der Waals surface area contributed by atoms with Gasteiger partial charge < -0.3 is 15.4 Å². The van der Waals surface area contributed by atoms with Crippen LogP contribution in [0.1, 0.15) is 32.0 Å². The fraction of sp³-hybridized carbons (Fsp3) is 0.227. The number of ether oxygens (including phenoxy) is 1. The fourth-order valence-electron chi connectivity index (χ4n) is 2.93. The topological polar surface area (TPSA) is 122 Å². The van der Waals surface area contributed by atoms with Gasteiger partial charge in [-0.2, -0.15) is 36.7 Å². The third kappa shape index (κ3) is 7.19. The number of amides is 2. The van der Waals surface area contributed by atoms with Gasteiger partial charge >= 0.3 is 12.4 Å². The average Bonchev–Trinajstić information content (AvgIpc) is 3.31. The number of hydrogen-bond donors (Lipinski definition) is 2. The van der Waals surface area contributed by atoms with Crippen LogP contribution in [-0.4, -0.2) is 52.5 Å². The van der Waals surface area contributed by atoms with Crippen molar-refractivity contribution in [1.29, 1.82) is 5.26 Å². The van der Waals surface area contributed by atoms with Crippen molar-refractivity contribution in [2.45, 2.75) is 12.4 Å². The van der Waals surface area contributed by atoms with Crippen LogP contribution in [0.5, 0.6) is 5.88 Å². The van der Waals surface area contributed by atoms with Gasteiger partial charge in [0.25, 0.3) is 11.8 Å². The summed E-state index contributed by atoms with van der Waals surface area (Å²) in [6, 6.07) is 10.4. The predicted octanol–water partition coefficient (Wildman–Crippen LogP) is 3.26. The molecule has 37 heavy (non-hydrogen) atoms. The van der Waals surface area contributed by atoms with Gasteiger partial charge in [-0.1, -0.05) is 18.2 Å². The van der Waals surface area contributed by atoms with E-state index in [4.69, 9.17) is 5.26 Å². The highest BCUT2D eigenvalue weighted by molar-refractivity contribution is 5.96. The molecule has 9 nitrogen and oxygen atoms in total. The Kier molecular flexibility index (Phi) is 8.01. The molecule has 3 aromatic rings. The van der Waals surface area contributed by atoms with Crippen molar-refractivity contribution in [1.82, 2.24) is 25.4 Å². The molecule has 2 amide bonds. The number of nitrogens with one attached hydrogen (secondary N) is 2. The predicted molar refractivity (Wildman–Crippen MR) is 114 cm³/mol. The molecule has 2 N–H and O–H groups in total. The second-order valence-corrected chi connectivity index (χ2v) is 7.27. The van der Waals surface area contributed by atoms with E-state index in [0.717, 1.165) is 23.1 Å². The number of alkyl halides is 6. The molecule has 1 aromatic carbocycles. The van der Waals surface area contributed by atoms with Gasteiger partial charge in [0.05, 0.1) is 16.8 Å². The maximum atomic E-state index is 13.4. The Hall–Kier alpha value is -4.61. The van der Waals surface area contributed by atoms with E-state index < -0.39 is 53.5 Å². The van der Waals surface area contributed by atoms with Crippen molar-refractivity contribution in [3.8, 4) is 17.6 Å². The van der Waals surface area contributed by atoms with E-state index in [9.17, 15) is 35.9 Å². The molecule has 2 heterocycles. The molecule has 0 aliphatic heterocycles. The highest BCUT2D eigenvalue weighted by Gasteiger charge is 2.39. The lowest BCUT2D eigenvalue weighted by atomic mass is 10.2. The van der Waals surface area contributed by atoms with Crippen molar-refractivity contribution in [2.75, 3.05) is 19.7 Å². The first kappa shape index (κ1) is 27.0. The molecule has 0 fully saturated rings. The molecular formula is C22H16F6N6O3. The van der Waals surface area contributed by atoms with Gasteiger partial charge in [0.1, 0.15) is 11.6 Å². The van der Waals surface area contributed by atoms with Crippen LogP contribution in [0.25, 0.3) is 5.69 Å². The van der Waals surface area contributed by atoms with Gasteiger partial charge in [0.15, 0.2) is 12.3 Å². The van der Waals surface area contributed by atoms with E-state index in [1.807, 2.05) is 0 Å². The van der Waals surface area contributed by atoms with E-state index in [1.165, 1.54) is 12.1 Å². The molecule has 0 bridgehead atoms. The molecule has 0 radical (unpaired) electrons. The van der Waals surface area contributed by atoms with Crippen LogP contribution in [0.15, 0.2) is 48.8 Å². The summed E-state index contributed by atoms with van der Waals surface area (Å²) >= 11 is 0. The van der Waals surface area contributed by atoms with Gasteiger partial charge in [-0.05, 0) is 18.2 Å². The molecule has 15 heteroatoms. The van der Waals surface area contributed by atoms with Crippen LogP contribution in [0.3, 0.4) is 0 Å². The second kappa shape index (κ2) is 11.0. The first-order chi connectivity index (χ1) is 17.4. The number of benzene rings is 1. The number of para-hydroxylation sites is 1. The number of carbonyl (C=O) groups excluding carboxylic acids is 2. The fourth-order valence-corrected chi connectivity index (χ4v) is 2.93. The minimum absolute atomic E-state index is 0.189. The molecule has 0 saturated heterocycles. The number of rotatable bonds is 8. The largest absolute Gasteiger partial charge is 0.467 e. The Labute approximate surface area is 204 Å². The normalized spacial score (nSPS) is 11.5. The minimum Gasteiger partial charge on any atom is -0.467 e.